The SMILES string of the molecule is Nc1ccc2c(c1)CCCC2NC(=O)Cc1ccc([N+](=O)[O-])cc1. The summed E-state index contributed by atoms with van der Waals surface area (Å²) in [5.41, 5.74) is 9.68. The number of carbonyl (C=O) groups is 1. The summed E-state index contributed by atoms with van der Waals surface area (Å²) < 4.78 is 0. The third-order valence-electron chi connectivity index (χ3n) is 4.33. The average molecular weight is 325 g/mol. The van der Waals surface area contributed by atoms with Gasteiger partial charge in [0.2, 0.25) is 5.91 Å². The highest BCUT2D eigenvalue weighted by Crippen LogP contribution is 2.31. The lowest BCUT2D eigenvalue weighted by Crippen LogP contribution is -2.32. The van der Waals surface area contributed by atoms with Crippen molar-refractivity contribution in [3.05, 3.63) is 69.3 Å². The van der Waals surface area contributed by atoms with E-state index in [9.17, 15) is 14.9 Å². The fraction of sp³-hybridized carbons (Fsp3) is 0.278. The normalized spacial score (nSPS) is 16.2. The molecule has 1 aliphatic carbocycles. The molecule has 0 fully saturated rings. The molecule has 0 aliphatic heterocycles. The van der Waals surface area contributed by atoms with E-state index >= 15 is 0 Å². The van der Waals surface area contributed by atoms with Gasteiger partial charge in [0, 0.05) is 17.8 Å². The molecule has 0 aromatic heterocycles. The van der Waals surface area contributed by atoms with Gasteiger partial charge >= 0.3 is 0 Å². The van der Waals surface area contributed by atoms with E-state index in [-0.39, 0.29) is 24.1 Å². The van der Waals surface area contributed by atoms with Crippen molar-refractivity contribution in [2.75, 3.05) is 5.73 Å². The Hall–Kier alpha value is -2.89. The molecule has 3 N–H and O–H groups in total. The molecular weight excluding hydrogens is 306 g/mol. The first-order chi connectivity index (χ1) is 11.5. The van der Waals surface area contributed by atoms with Crippen LogP contribution in [0.25, 0.3) is 0 Å². The lowest BCUT2D eigenvalue weighted by atomic mass is 9.87. The Labute approximate surface area is 139 Å². The van der Waals surface area contributed by atoms with E-state index in [2.05, 4.69) is 5.32 Å². The quantitative estimate of drug-likeness (QED) is 0.513. The van der Waals surface area contributed by atoms with E-state index in [1.807, 2.05) is 18.2 Å². The Morgan fingerprint density at radius 2 is 2.00 bits per heavy atom. The molecule has 6 heteroatoms. The zero-order valence-electron chi connectivity index (χ0n) is 13.2. The third-order valence-corrected chi connectivity index (χ3v) is 4.33. The van der Waals surface area contributed by atoms with E-state index in [0.29, 0.717) is 0 Å². The third kappa shape index (κ3) is 3.53. The summed E-state index contributed by atoms with van der Waals surface area (Å²) in [4.78, 5) is 22.5. The van der Waals surface area contributed by atoms with Gasteiger partial charge in [-0.2, -0.15) is 0 Å². The first-order valence-corrected chi connectivity index (χ1v) is 7.94. The summed E-state index contributed by atoms with van der Waals surface area (Å²) in [6.45, 7) is 0. The zero-order valence-corrected chi connectivity index (χ0v) is 13.2. The molecule has 2 aromatic carbocycles. The van der Waals surface area contributed by atoms with Crippen molar-refractivity contribution < 1.29 is 9.72 Å². The zero-order chi connectivity index (χ0) is 17.1. The van der Waals surface area contributed by atoms with Crippen LogP contribution in [0.1, 0.15) is 35.6 Å². The molecule has 0 heterocycles. The average Bonchev–Trinajstić information content (AvgIpc) is 2.55. The Morgan fingerprint density at radius 1 is 1.25 bits per heavy atom. The first kappa shape index (κ1) is 16.0. The number of hydrogen-bond acceptors (Lipinski definition) is 4. The minimum Gasteiger partial charge on any atom is -0.399 e. The highest BCUT2D eigenvalue weighted by Gasteiger charge is 2.22. The van der Waals surface area contributed by atoms with Gasteiger partial charge in [-0.3, -0.25) is 14.9 Å². The van der Waals surface area contributed by atoms with Gasteiger partial charge in [0.1, 0.15) is 0 Å². The monoisotopic (exact) mass is 325 g/mol. The molecule has 0 radical (unpaired) electrons. The molecule has 6 nitrogen and oxygen atoms in total. The minimum absolute atomic E-state index is 0.0000941. The number of fused-ring (bicyclic) bond motifs is 1. The highest BCUT2D eigenvalue weighted by molar-refractivity contribution is 5.79. The predicted octanol–water partition coefficient (Wildman–Crippen LogP) is 2.91. The number of nitro benzene ring substituents is 1. The van der Waals surface area contributed by atoms with Gasteiger partial charge in [-0.25, -0.2) is 0 Å². The number of nitrogens with two attached hydrogens (primary N) is 1. The van der Waals surface area contributed by atoms with Crippen LogP contribution in [0.3, 0.4) is 0 Å². The van der Waals surface area contributed by atoms with Crippen LogP contribution in [0.4, 0.5) is 11.4 Å². The lowest BCUT2D eigenvalue weighted by Gasteiger charge is -2.26. The van der Waals surface area contributed by atoms with Crippen LogP contribution in [0, 0.1) is 10.1 Å². The second-order valence-corrected chi connectivity index (χ2v) is 6.07. The molecule has 1 amide bonds. The van der Waals surface area contributed by atoms with E-state index < -0.39 is 4.92 Å². The standard InChI is InChI=1S/C18H19N3O3/c19-14-6-9-16-13(11-14)2-1-3-17(16)20-18(22)10-12-4-7-15(8-5-12)21(23)24/h4-9,11,17H,1-3,10,19H2,(H,20,22). The number of amides is 1. The molecule has 0 saturated carbocycles. The number of nitrogens with zero attached hydrogens (tertiary/aromatic N) is 1. The fourth-order valence-electron chi connectivity index (χ4n) is 3.15. The maximum atomic E-state index is 12.3. The number of nitrogen functional groups attached to an aromatic ring is 1. The van der Waals surface area contributed by atoms with Crippen molar-refractivity contribution in [2.45, 2.75) is 31.7 Å². The maximum absolute atomic E-state index is 12.3. The Bertz CT molecular complexity index is 772. The van der Waals surface area contributed by atoms with E-state index in [4.69, 9.17) is 5.73 Å². The summed E-state index contributed by atoms with van der Waals surface area (Å²) in [5, 5.41) is 13.7. The second-order valence-electron chi connectivity index (χ2n) is 6.07. The van der Waals surface area contributed by atoms with Crippen LogP contribution >= 0.6 is 0 Å². The van der Waals surface area contributed by atoms with E-state index in [1.54, 1.807) is 12.1 Å². The van der Waals surface area contributed by atoms with Crippen LogP contribution in [-0.4, -0.2) is 10.8 Å². The summed E-state index contributed by atoms with van der Waals surface area (Å²) in [5.74, 6) is -0.0847. The van der Waals surface area contributed by atoms with Crippen LogP contribution in [0.2, 0.25) is 0 Å². The number of hydrogen-bond donors (Lipinski definition) is 2. The van der Waals surface area contributed by atoms with E-state index in [1.165, 1.54) is 17.7 Å². The van der Waals surface area contributed by atoms with Gasteiger partial charge < -0.3 is 11.1 Å². The summed E-state index contributed by atoms with van der Waals surface area (Å²) in [7, 11) is 0. The number of rotatable bonds is 4. The van der Waals surface area contributed by atoms with Crippen LogP contribution in [0.15, 0.2) is 42.5 Å². The van der Waals surface area contributed by atoms with Crippen molar-refractivity contribution >= 4 is 17.3 Å². The van der Waals surface area contributed by atoms with Crippen LogP contribution < -0.4 is 11.1 Å². The first-order valence-electron chi connectivity index (χ1n) is 7.94. The largest absolute Gasteiger partial charge is 0.399 e. The van der Waals surface area contributed by atoms with Crippen molar-refractivity contribution in [1.82, 2.24) is 5.32 Å². The minimum atomic E-state index is -0.450. The van der Waals surface area contributed by atoms with Crippen LogP contribution in [-0.2, 0) is 17.6 Å². The van der Waals surface area contributed by atoms with Gasteiger partial charge in [-0.05, 0) is 48.1 Å². The molecule has 1 unspecified atom stereocenters. The fourth-order valence-corrected chi connectivity index (χ4v) is 3.15. The Balaban J connectivity index is 1.66. The van der Waals surface area contributed by atoms with Crippen molar-refractivity contribution in [3.8, 4) is 0 Å². The summed E-state index contributed by atoms with van der Waals surface area (Å²) >= 11 is 0. The van der Waals surface area contributed by atoms with Gasteiger partial charge in [-0.15, -0.1) is 0 Å². The van der Waals surface area contributed by atoms with Crippen LogP contribution in [0.5, 0.6) is 0 Å². The Morgan fingerprint density at radius 3 is 2.71 bits per heavy atom. The van der Waals surface area contributed by atoms with Gasteiger partial charge in [0.25, 0.3) is 5.69 Å². The maximum Gasteiger partial charge on any atom is 0.269 e. The molecule has 124 valence electrons. The number of nitro groups is 1. The molecule has 24 heavy (non-hydrogen) atoms. The number of carbonyl (C=O) groups excluding carboxylic acids is 1. The van der Waals surface area contributed by atoms with Gasteiger partial charge in [0.05, 0.1) is 17.4 Å². The predicted molar refractivity (Wildman–Crippen MR) is 91.5 cm³/mol. The molecule has 1 atom stereocenters. The smallest absolute Gasteiger partial charge is 0.269 e. The molecular formula is C18H19N3O3. The number of nitrogens with one attached hydrogen (secondary N) is 1. The summed E-state index contributed by atoms with van der Waals surface area (Å²) in [6.07, 6.45) is 3.11. The molecule has 0 spiro atoms. The number of non-ortho nitro benzene ring substituents is 1. The topological polar surface area (TPSA) is 98.3 Å². The van der Waals surface area contributed by atoms with Crippen molar-refractivity contribution in [1.29, 1.82) is 0 Å². The van der Waals surface area contributed by atoms with E-state index in [0.717, 1.165) is 36.1 Å². The molecule has 3 rings (SSSR count). The molecule has 0 bridgehead atoms. The molecule has 1 aliphatic rings. The Kier molecular flexibility index (Phi) is 4.46. The number of benzene rings is 2. The number of anilines is 1. The molecule has 0 saturated heterocycles. The lowest BCUT2D eigenvalue weighted by molar-refractivity contribution is -0.384. The second kappa shape index (κ2) is 6.70. The van der Waals surface area contributed by atoms with Crippen molar-refractivity contribution in [3.63, 3.8) is 0 Å². The van der Waals surface area contributed by atoms with Crippen molar-refractivity contribution in [2.24, 2.45) is 0 Å². The van der Waals surface area contributed by atoms with Gasteiger partial charge in [0.15, 0.2) is 0 Å². The summed E-state index contributed by atoms with van der Waals surface area (Å²) in [6, 6.07) is 11.9. The number of aryl methyl sites for hydroxylation is 1. The molecule has 2 aromatic rings. The van der Waals surface area contributed by atoms with Gasteiger partial charge in [-0.1, -0.05) is 18.2 Å². The highest BCUT2D eigenvalue weighted by atomic mass is 16.6.